The van der Waals surface area contributed by atoms with Gasteiger partial charge in [-0.3, -0.25) is 4.90 Å². The van der Waals surface area contributed by atoms with Crippen LogP contribution in [0.5, 0.6) is 0 Å². The minimum Gasteiger partial charge on any atom is -0.387 e. The number of hydrogen-bond acceptors (Lipinski definition) is 4. The Kier molecular flexibility index (Phi) is 3.69. The second kappa shape index (κ2) is 4.94. The zero-order chi connectivity index (χ0) is 13.4. The van der Waals surface area contributed by atoms with E-state index in [0.29, 0.717) is 6.42 Å². The van der Waals surface area contributed by atoms with Crippen LogP contribution in [0.1, 0.15) is 13.3 Å². The van der Waals surface area contributed by atoms with Gasteiger partial charge in [0, 0.05) is 0 Å². The molecule has 0 bridgehead atoms. The lowest BCUT2D eigenvalue weighted by molar-refractivity contribution is -0.0702. The van der Waals surface area contributed by atoms with Crippen molar-refractivity contribution in [2.45, 2.75) is 50.3 Å². The highest BCUT2D eigenvalue weighted by Crippen LogP contribution is 2.29. The molecular formula is C10H17F2N3O3. The van der Waals surface area contributed by atoms with Crippen molar-refractivity contribution in [1.82, 2.24) is 10.2 Å². The smallest absolute Gasteiger partial charge is 0.320 e. The third-order valence-electron chi connectivity index (χ3n) is 3.32. The summed E-state index contributed by atoms with van der Waals surface area (Å²) < 4.78 is 32.5. The number of amides is 2. The largest absolute Gasteiger partial charge is 0.387 e. The van der Waals surface area contributed by atoms with Crippen molar-refractivity contribution in [3.8, 4) is 0 Å². The highest BCUT2D eigenvalue weighted by atomic mass is 19.1. The molecule has 2 aliphatic rings. The van der Waals surface area contributed by atoms with Crippen LogP contribution < -0.4 is 11.1 Å². The Hall–Kier alpha value is -0.990. The number of aliphatic hydroxyl groups is 1. The fraction of sp³-hybridized carbons (Fsp3) is 0.900. The standard InChI is InChI=1S/C10H17F2N3O3/c1-2-5-7(16)6(12)9(18-5)15-3-4(11)8(13)14-10(15)17/h4-9,16H,2-3,13H2,1H3,(H,14,17)/t4-,5-,6-,7+,8+,9-/m0/s1/i12-1. The van der Waals surface area contributed by atoms with Gasteiger partial charge < -0.3 is 20.9 Å². The van der Waals surface area contributed by atoms with Crippen LogP contribution in [-0.4, -0.2) is 59.5 Å². The molecule has 0 aliphatic carbocycles. The average Bonchev–Trinajstić information content (AvgIpc) is 2.61. The molecule has 0 spiro atoms. The Morgan fingerprint density at radius 1 is 1.61 bits per heavy atom. The summed E-state index contributed by atoms with van der Waals surface area (Å²) in [6.45, 7) is 1.38. The number of carbonyl (C=O) groups excluding carboxylic acids is 1. The Labute approximate surface area is 103 Å². The van der Waals surface area contributed by atoms with E-state index in [1.165, 1.54) is 0 Å². The molecule has 0 radical (unpaired) electrons. The molecule has 6 nitrogen and oxygen atoms in total. The lowest BCUT2D eigenvalue weighted by atomic mass is 10.1. The molecule has 0 aromatic carbocycles. The van der Waals surface area contributed by atoms with Crippen LogP contribution in [0.15, 0.2) is 0 Å². The third-order valence-corrected chi connectivity index (χ3v) is 3.32. The Bertz CT molecular complexity index is 333. The predicted octanol–water partition coefficient (Wildman–Crippen LogP) is -0.532. The van der Waals surface area contributed by atoms with Crippen LogP contribution >= 0.6 is 0 Å². The number of nitrogens with two attached hydrogens (primary N) is 1. The second-order valence-corrected chi connectivity index (χ2v) is 4.55. The quantitative estimate of drug-likeness (QED) is 0.625. The van der Waals surface area contributed by atoms with Crippen LogP contribution in [0.4, 0.5) is 13.6 Å². The first-order valence-corrected chi connectivity index (χ1v) is 5.90. The van der Waals surface area contributed by atoms with Crippen molar-refractivity contribution in [2.75, 3.05) is 6.54 Å². The van der Waals surface area contributed by atoms with E-state index in [1.54, 1.807) is 6.92 Å². The van der Waals surface area contributed by atoms with Gasteiger partial charge in [0.05, 0.1) is 12.6 Å². The summed E-state index contributed by atoms with van der Waals surface area (Å²) in [6, 6.07) is -0.687. The molecule has 18 heavy (non-hydrogen) atoms. The monoisotopic (exact) mass is 264 g/mol. The van der Waals surface area contributed by atoms with Crippen molar-refractivity contribution in [3.05, 3.63) is 0 Å². The van der Waals surface area contributed by atoms with E-state index in [0.717, 1.165) is 4.90 Å². The van der Waals surface area contributed by atoms with Gasteiger partial charge in [0.25, 0.3) is 0 Å². The normalized spacial score (nSPS) is 45.2. The third kappa shape index (κ3) is 2.15. The van der Waals surface area contributed by atoms with Gasteiger partial charge in [-0.1, -0.05) is 6.92 Å². The second-order valence-electron chi connectivity index (χ2n) is 4.55. The summed E-state index contributed by atoms with van der Waals surface area (Å²) >= 11 is 0. The molecule has 0 aromatic rings. The molecule has 4 N–H and O–H groups in total. The summed E-state index contributed by atoms with van der Waals surface area (Å²) in [5.41, 5.74) is 5.33. The summed E-state index contributed by atoms with van der Waals surface area (Å²) in [5, 5.41) is 11.8. The van der Waals surface area contributed by atoms with Gasteiger partial charge in [-0.05, 0) is 6.42 Å². The lowest BCUT2D eigenvalue weighted by Gasteiger charge is -2.37. The molecule has 0 unspecified atom stereocenters. The lowest BCUT2D eigenvalue weighted by Crippen LogP contribution is -2.64. The first kappa shape index (κ1) is 13.4. The molecule has 2 saturated heterocycles. The number of carbonyl (C=O) groups is 1. The molecule has 0 saturated carbocycles. The first-order valence-electron chi connectivity index (χ1n) is 5.90. The molecule has 2 aliphatic heterocycles. The number of rotatable bonds is 2. The number of nitrogens with one attached hydrogen (secondary N) is 1. The number of aliphatic hydroxyl groups excluding tert-OH is 1. The summed E-state index contributed by atoms with van der Waals surface area (Å²) in [5.74, 6) is 0. The molecule has 2 fully saturated rings. The first-order chi connectivity index (χ1) is 8.45. The number of ether oxygens (including phenoxy) is 1. The summed E-state index contributed by atoms with van der Waals surface area (Å²) in [6.07, 6.45) is -7.20. The van der Waals surface area contributed by atoms with E-state index in [2.05, 4.69) is 5.32 Å². The zero-order valence-corrected chi connectivity index (χ0v) is 9.92. The summed E-state index contributed by atoms with van der Waals surface area (Å²) in [4.78, 5) is 12.5. The fourth-order valence-corrected chi connectivity index (χ4v) is 2.21. The molecular weight excluding hydrogens is 247 g/mol. The zero-order valence-electron chi connectivity index (χ0n) is 9.92. The highest BCUT2D eigenvalue weighted by molar-refractivity contribution is 5.76. The minimum atomic E-state index is -1.75. The van der Waals surface area contributed by atoms with Crippen molar-refractivity contribution in [2.24, 2.45) is 5.73 Å². The van der Waals surface area contributed by atoms with Gasteiger partial charge in [-0.15, -0.1) is 0 Å². The van der Waals surface area contributed by atoms with Crippen molar-refractivity contribution >= 4 is 6.03 Å². The van der Waals surface area contributed by atoms with Gasteiger partial charge in [-0.2, -0.15) is 0 Å². The van der Waals surface area contributed by atoms with E-state index in [9.17, 15) is 18.7 Å². The van der Waals surface area contributed by atoms with Crippen molar-refractivity contribution < 1.29 is 23.4 Å². The van der Waals surface area contributed by atoms with E-state index >= 15 is 0 Å². The van der Waals surface area contributed by atoms with Crippen LogP contribution in [-0.2, 0) is 4.74 Å². The number of alkyl halides is 2. The van der Waals surface area contributed by atoms with Crippen LogP contribution in [0.3, 0.4) is 0 Å². The summed E-state index contributed by atoms with van der Waals surface area (Å²) in [7, 11) is 0. The van der Waals surface area contributed by atoms with Crippen LogP contribution in [0.25, 0.3) is 0 Å². The number of halogens is 2. The van der Waals surface area contributed by atoms with Crippen molar-refractivity contribution in [3.63, 3.8) is 0 Å². The Balaban J connectivity index is 2.10. The molecule has 2 rings (SSSR count). The van der Waals surface area contributed by atoms with Gasteiger partial charge in [0.2, 0.25) is 0 Å². The van der Waals surface area contributed by atoms with E-state index in [-0.39, 0.29) is 6.54 Å². The SMILES string of the molecule is CC[C@@H]1O[C@H](N2C[C@H](F)[C@H](N)NC2=O)[C@@H]([18F])[C@@H]1O. The van der Waals surface area contributed by atoms with Gasteiger partial charge in [0.1, 0.15) is 12.3 Å². The van der Waals surface area contributed by atoms with E-state index in [4.69, 9.17) is 10.5 Å². The van der Waals surface area contributed by atoms with Crippen LogP contribution in [0.2, 0.25) is 0 Å². The fourth-order valence-electron chi connectivity index (χ4n) is 2.21. The van der Waals surface area contributed by atoms with Gasteiger partial charge in [-0.25, -0.2) is 13.6 Å². The number of nitrogens with zero attached hydrogens (tertiary/aromatic N) is 1. The topological polar surface area (TPSA) is 87.8 Å². The maximum atomic E-state index is 13.9. The number of urea groups is 1. The molecule has 6 atom stereocenters. The molecule has 2 heterocycles. The minimum absolute atomic E-state index is 0.346. The van der Waals surface area contributed by atoms with E-state index < -0.39 is 43.0 Å². The Morgan fingerprint density at radius 3 is 2.83 bits per heavy atom. The molecule has 8 heteroatoms. The van der Waals surface area contributed by atoms with Crippen LogP contribution in [0, 0.1) is 0 Å². The Morgan fingerprint density at radius 2 is 2.28 bits per heavy atom. The molecule has 2 amide bonds. The van der Waals surface area contributed by atoms with Gasteiger partial charge >= 0.3 is 6.03 Å². The maximum Gasteiger partial charge on any atom is 0.320 e. The highest BCUT2D eigenvalue weighted by Gasteiger charge is 2.49. The molecule has 0 aromatic heterocycles. The van der Waals surface area contributed by atoms with Crippen molar-refractivity contribution in [1.29, 1.82) is 0 Å². The number of hydrogen-bond donors (Lipinski definition) is 3. The molecule has 104 valence electrons. The average molecular weight is 264 g/mol. The van der Waals surface area contributed by atoms with Gasteiger partial charge in [0.15, 0.2) is 18.6 Å². The maximum absolute atomic E-state index is 13.9. The predicted molar refractivity (Wildman–Crippen MR) is 58.0 cm³/mol. The van der Waals surface area contributed by atoms with E-state index in [1.807, 2.05) is 0 Å².